The van der Waals surface area contributed by atoms with Gasteiger partial charge in [-0.15, -0.1) is 16.4 Å². The van der Waals surface area contributed by atoms with E-state index in [1.165, 1.54) is 16.6 Å². The van der Waals surface area contributed by atoms with E-state index in [1.54, 1.807) is 11.3 Å². The summed E-state index contributed by atoms with van der Waals surface area (Å²) >= 11 is 3.06. The van der Waals surface area contributed by atoms with Crippen molar-refractivity contribution in [3.63, 3.8) is 0 Å². The van der Waals surface area contributed by atoms with Gasteiger partial charge >= 0.3 is 0 Å². The van der Waals surface area contributed by atoms with Crippen LogP contribution in [0.5, 0.6) is 0 Å². The van der Waals surface area contributed by atoms with Gasteiger partial charge in [-0.2, -0.15) is 0 Å². The second kappa shape index (κ2) is 4.38. The number of fused-ring (bicyclic) bond motifs is 1. The summed E-state index contributed by atoms with van der Waals surface area (Å²) < 4.78 is 1.87. The fraction of sp³-hybridized carbons (Fsp3) is 0.364. The van der Waals surface area contributed by atoms with Gasteiger partial charge in [0.1, 0.15) is 9.86 Å². The summed E-state index contributed by atoms with van der Waals surface area (Å²) in [5.74, 6) is 0.285. The topological polar surface area (TPSA) is 95.4 Å². The van der Waals surface area contributed by atoms with Gasteiger partial charge < -0.3 is 5.73 Å². The maximum atomic E-state index is 5.79. The van der Waals surface area contributed by atoms with Crippen LogP contribution in [0.2, 0.25) is 0 Å². The maximum absolute atomic E-state index is 5.79. The molecule has 0 unspecified atom stereocenters. The third kappa shape index (κ3) is 2.02. The lowest BCUT2D eigenvalue weighted by Gasteiger charge is -2.03. The molecule has 2 N–H and O–H groups in total. The Labute approximate surface area is 122 Å². The van der Waals surface area contributed by atoms with Crippen molar-refractivity contribution in [2.24, 2.45) is 0 Å². The second-order valence-electron chi connectivity index (χ2n) is 4.70. The fourth-order valence-corrected chi connectivity index (χ4v) is 3.88. The van der Waals surface area contributed by atoms with Crippen molar-refractivity contribution in [1.82, 2.24) is 30.2 Å². The summed E-state index contributed by atoms with van der Waals surface area (Å²) in [7, 11) is 0. The number of thiophene rings is 1. The first kappa shape index (κ1) is 12.0. The zero-order valence-corrected chi connectivity index (χ0v) is 12.3. The maximum Gasteiger partial charge on any atom is 0.222 e. The molecule has 0 spiro atoms. The average Bonchev–Trinajstić information content (AvgIpc) is 3.02. The Kier molecular flexibility index (Phi) is 2.64. The lowest BCUT2D eigenvalue weighted by atomic mass is 10.4. The van der Waals surface area contributed by atoms with Crippen LogP contribution in [0.15, 0.2) is 16.2 Å². The van der Waals surface area contributed by atoms with Crippen LogP contribution in [0.4, 0.5) is 5.95 Å². The summed E-state index contributed by atoms with van der Waals surface area (Å²) in [5, 5.41) is 14.5. The van der Waals surface area contributed by atoms with Crippen molar-refractivity contribution < 1.29 is 0 Å². The Morgan fingerprint density at radius 1 is 1.40 bits per heavy atom. The molecule has 9 heteroatoms. The number of nitrogens with two attached hydrogens (primary N) is 1. The molecule has 0 aromatic carbocycles. The van der Waals surface area contributed by atoms with Crippen molar-refractivity contribution in [3.05, 3.63) is 10.9 Å². The van der Waals surface area contributed by atoms with Gasteiger partial charge in [0.2, 0.25) is 11.1 Å². The van der Waals surface area contributed by atoms with Crippen LogP contribution >= 0.6 is 23.1 Å². The summed E-state index contributed by atoms with van der Waals surface area (Å²) in [4.78, 5) is 10.7. The zero-order valence-electron chi connectivity index (χ0n) is 10.6. The Morgan fingerprint density at radius 2 is 2.25 bits per heavy atom. The number of aryl methyl sites for hydroxylation is 1. The second-order valence-corrected chi connectivity index (χ2v) is 6.89. The Morgan fingerprint density at radius 3 is 3.05 bits per heavy atom. The molecule has 0 atom stereocenters. The molecule has 3 aromatic heterocycles. The highest BCUT2D eigenvalue weighted by Crippen LogP contribution is 2.39. The van der Waals surface area contributed by atoms with E-state index < -0.39 is 0 Å². The van der Waals surface area contributed by atoms with Gasteiger partial charge in [0.25, 0.3) is 0 Å². The smallest absolute Gasteiger partial charge is 0.222 e. The zero-order chi connectivity index (χ0) is 13.7. The Balaban J connectivity index is 1.79. The number of nitrogen functional groups attached to an aromatic ring is 1. The standard InChI is InChI=1S/C11H11N7S2/c1-5-4-7-8(19-5)13-10(12)14-9(7)20-11-15-16-17-18(11)6-2-3-6/h4,6H,2-3H2,1H3,(H2,12,13,14). The molecule has 0 saturated heterocycles. The van der Waals surface area contributed by atoms with E-state index in [4.69, 9.17) is 5.73 Å². The van der Waals surface area contributed by atoms with Crippen molar-refractivity contribution in [2.75, 3.05) is 5.73 Å². The van der Waals surface area contributed by atoms with Gasteiger partial charge in [-0.1, -0.05) is 0 Å². The fourth-order valence-electron chi connectivity index (χ4n) is 2.00. The number of aromatic nitrogens is 6. The summed E-state index contributed by atoms with van der Waals surface area (Å²) in [6.45, 7) is 2.05. The molecule has 3 aromatic rings. The van der Waals surface area contributed by atoms with Crippen LogP contribution < -0.4 is 5.73 Å². The molecule has 102 valence electrons. The summed E-state index contributed by atoms with van der Waals surface area (Å²) in [6.07, 6.45) is 2.27. The summed E-state index contributed by atoms with van der Waals surface area (Å²) in [6, 6.07) is 2.51. The molecule has 3 heterocycles. The predicted octanol–water partition coefficient (Wildman–Crippen LogP) is 2.05. The van der Waals surface area contributed by atoms with Crippen LogP contribution in [0.25, 0.3) is 10.2 Å². The van der Waals surface area contributed by atoms with E-state index >= 15 is 0 Å². The van der Waals surface area contributed by atoms with Crippen molar-refractivity contribution in [1.29, 1.82) is 0 Å². The van der Waals surface area contributed by atoms with E-state index in [-0.39, 0.29) is 5.95 Å². The molecule has 0 aliphatic heterocycles. The molecule has 0 amide bonds. The Hall–Kier alpha value is -1.74. The highest BCUT2D eigenvalue weighted by atomic mass is 32.2. The predicted molar refractivity (Wildman–Crippen MR) is 76.8 cm³/mol. The number of hydrogen-bond donors (Lipinski definition) is 1. The summed E-state index contributed by atoms with van der Waals surface area (Å²) in [5.41, 5.74) is 5.79. The molecule has 1 aliphatic carbocycles. The van der Waals surface area contributed by atoms with Crippen LogP contribution in [0, 0.1) is 6.92 Å². The minimum Gasteiger partial charge on any atom is -0.368 e. The molecule has 1 aliphatic rings. The van der Waals surface area contributed by atoms with Crippen molar-refractivity contribution in [3.8, 4) is 0 Å². The highest BCUT2D eigenvalue weighted by molar-refractivity contribution is 7.99. The van der Waals surface area contributed by atoms with Crippen LogP contribution in [0.1, 0.15) is 23.8 Å². The number of anilines is 1. The third-order valence-corrected chi connectivity index (χ3v) is 4.94. The van der Waals surface area contributed by atoms with Crippen LogP contribution in [-0.4, -0.2) is 30.2 Å². The van der Waals surface area contributed by atoms with Gasteiger partial charge in [0.15, 0.2) is 0 Å². The van der Waals surface area contributed by atoms with Gasteiger partial charge in [0.05, 0.1) is 6.04 Å². The monoisotopic (exact) mass is 305 g/mol. The van der Waals surface area contributed by atoms with Gasteiger partial charge in [0, 0.05) is 10.3 Å². The lowest BCUT2D eigenvalue weighted by Crippen LogP contribution is -2.00. The molecular formula is C11H11N7S2. The lowest BCUT2D eigenvalue weighted by molar-refractivity contribution is 0.565. The number of tetrazole rings is 1. The molecule has 1 fully saturated rings. The van der Waals surface area contributed by atoms with E-state index in [2.05, 4.69) is 31.6 Å². The minimum atomic E-state index is 0.285. The van der Waals surface area contributed by atoms with Crippen molar-refractivity contribution >= 4 is 39.3 Å². The largest absolute Gasteiger partial charge is 0.368 e. The first-order valence-electron chi connectivity index (χ1n) is 6.20. The van der Waals surface area contributed by atoms with Gasteiger partial charge in [-0.3, -0.25) is 0 Å². The number of rotatable bonds is 3. The highest BCUT2D eigenvalue weighted by Gasteiger charge is 2.28. The van der Waals surface area contributed by atoms with E-state index in [9.17, 15) is 0 Å². The molecule has 1 saturated carbocycles. The quantitative estimate of drug-likeness (QED) is 0.740. The van der Waals surface area contributed by atoms with E-state index in [1.807, 2.05) is 11.6 Å². The molecule has 0 bridgehead atoms. The van der Waals surface area contributed by atoms with Gasteiger partial charge in [-0.05, 0) is 48.0 Å². The van der Waals surface area contributed by atoms with Crippen LogP contribution in [-0.2, 0) is 0 Å². The average molecular weight is 305 g/mol. The van der Waals surface area contributed by atoms with Crippen LogP contribution in [0.3, 0.4) is 0 Å². The molecular weight excluding hydrogens is 294 g/mol. The van der Waals surface area contributed by atoms with E-state index in [0.717, 1.165) is 33.2 Å². The SMILES string of the molecule is Cc1cc2c(Sc3nnnn3C3CC3)nc(N)nc2s1. The molecule has 0 radical (unpaired) electrons. The molecule has 20 heavy (non-hydrogen) atoms. The molecule has 7 nitrogen and oxygen atoms in total. The minimum absolute atomic E-state index is 0.285. The first-order chi connectivity index (χ1) is 9.70. The van der Waals surface area contributed by atoms with Crippen molar-refractivity contribution in [2.45, 2.75) is 36.0 Å². The van der Waals surface area contributed by atoms with Gasteiger partial charge in [-0.25, -0.2) is 14.6 Å². The Bertz CT molecular complexity index is 789. The van der Waals surface area contributed by atoms with E-state index in [0.29, 0.717) is 6.04 Å². The molecule has 4 rings (SSSR count). The first-order valence-corrected chi connectivity index (χ1v) is 7.83. The number of hydrogen-bond acceptors (Lipinski definition) is 8. The third-order valence-electron chi connectivity index (χ3n) is 3.04. The number of nitrogens with zero attached hydrogens (tertiary/aromatic N) is 6. The normalized spacial score (nSPS) is 15.1.